The number of halogens is 2. The molecule has 0 spiro atoms. The lowest BCUT2D eigenvalue weighted by molar-refractivity contribution is 0.0672. The first kappa shape index (κ1) is 20.5. The fourth-order valence-electron chi connectivity index (χ4n) is 3.79. The second kappa shape index (κ2) is 8.39. The number of alkyl halides is 1. The Morgan fingerprint density at radius 1 is 1.25 bits per heavy atom. The van der Waals surface area contributed by atoms with E-state index in [0.29, 0.717) is 37.3 Å². The number of nitrogens with zero attached hydrogens (tertiary/aromatic N) is 1. The highest BCUT2D eigenvalue weighted by Crippen LogP contribution is 2.27. The molecule has 0 bridgehead atoms. The van der Waals surface area contributed by atoms with Crippen molar-refractivity contribution in [2.75, 3.05) is 13.2 Å². The largest absolute Gasteiger partial charge is 0.381 e. The summed E-state index contributed by atoms with van der Waals surface area (Å²) in [4.78, 5) is 28.0. The Kier molecular flexibility index (Phi) is 6.13. The highest BCUT2D eigenvalue weighted by Gasteiger charge is 2.26. The minimum atomic E-state index is -1.46. The zero-order chi connectivity index (χ0) is 20.4. The van der Waals surface area contributed by atoms with Gasteiger partial charge < -0.3 is 9.72 Å². The van der Waals surface area contributed by atoms with Gasteiger partial charge in [0.2, 0.25) is 0 Å². The Hall–Kier alpha value is -2.28. The second-order valence-electron chi connectivity index (χ2n) is 7.59. The Labute approximate surface area is 162 Å². The second-order valence-corrected chi connectivity index (χ2v) is 7.59. The lowest BCUT2D eigenvalue weighted by atomic mass is 9.91. The van der Waals surface area contributed by atoms with E-state index in [1.165, 1.54) is 10.6 Å². The number of H-pyrrole nitrogens is 1. The molecule has 152 valence electrons. The molecule has 1 fully saturated rings. The standard InChI is InChI=1S/C21H26F2N2O3/c1-12-4-5-18(22)16(10-12)13(2)19(23)11-17-14(3)24-21(27)25(20(17)26)15-6-8-28-9-7-15/h4-5,10,13,15,19H,6-9,11H2,1-3H3,(H,24,27)/t13-,19-/m1/s1. The Morgan fingerprint density at radius 3 is 2.61 bits per heavy atom. The summed E-state index contributed by atoms with van der Waals surface area (Å²) in [6.45, 7) is 5.99. The van der Waals surface area contributed by atoms with Crippen molar-refractivity contribution in [1.29, 1.82) is 0 Å². The molecule has 5 nitrogen and oxygen atoms in total. The molecular formula is C21H26F2N2O3. The van der Waals surface area contributed by atoms with Crippen LogP contribution in [0.3, 0.4) is 0 Å². The van der Waals surface area contributed by atoms with E-state index in [1.807, 2.05) is 6.92 Å². The summed E-state index contributed by atoms with van der Waals surface area (Å²) in [5.41, 5.74) is 0.785. The normalized spacial score (nSPS) is 17.5. The van der Waals surface area contributed by atoms with Crippen LogP contribution in [0.15, 0.2) is 27.8 Å². The number of benzene rings is 1. The van der Waals surface area contributed by atoms with E-state index in [4.69, 9.17) is 4.74 Å². The molecule has 7 heteroatoms. The van der Waals surface area contributed by atoms with Crippen LogP contribution in [0, 0.1) is 19.7 Å². The molecule has 2 atom stereocenters. The van der Waals surface area contributed by atoms with Gasteiger partial charge in [-0.1, -0.05) is 24.6 Å². The van der Waals surface area contributed by atoms with Gasteiger partial charge in [0.05, 0.1) is 0 Å². The predicted molar refractivity (Wildman–Crippen MR) is 103 cm³/mol. The maximum atomic E-state index is 15.1. The van der Waals surface area contributed by atoms with Gasteiger partial charge in [-0.05, 0) is 38.3 Å². The van der Waals surface area contributed by atoms with Gasteiger partial charge in [-0.3, -0.25) is 9.36 Å². The number of aromatic nitrogens is 2. The number of aryl methyl sites for hydroxylation is 2. The Bertz CT molecular complexity index is 961. The molecule has 3 rings (SSSR count). The topological polar surface area (TPSA) is 64.1 Å². The van der Waals surface area contributed by atoms with Crippen LogP contribution >= 0.6 is 0 Å². The summed E-state index contributed by atoms with van der Waals surface area (Å²) >= 11 is 0. The molecule has 1 aromatic carbocycles. The SMILES string of the molecule is Cc1ccc(F)c([C@@H](C)[C@H](F)Cc2c(C)[nH]c(=O)n(C3CCOCC3)c2=O)c1. The number of ether oxygens (including phenoxy) is 1. The molecule has 2 aromatic rings. The molecule has 1 aromatic heterocycles. The van der Waals surface area contributed by atoms with Crippen LogP contribution in [0.4, 0.5) is 8.78 Å². The molecule has 0 aliphatic carbocycles. The molecule has 0 saturated carbocycles. The molecule has 0 radical (unpaired) electrons. The minimum absolute atomic E-state index is 0.181. The van der Waals surface area contributed by atoms with Crippen LogP contribution in [-0.2, 0) is 11.2 Å². The third kappa shape index (κ3) is 4.09. The predicted octanol–water partition coefficient (Wildman–Crippen LogP) is 3.33. The maximum Gasteiger partial charge on any atom is 0.328 e. The fourth-order valence-corrected chi connectivity index (χ4v) is 3.79. The van der Waals surface area contributed by atoms with Crippen molar-refractivity contribution in [3.05, 3.63) is 67.2 Å². The Balaban J connectivity index is 1.92. The summed E-state index contributed by atoms with van der Waals surface area (Å²) in [5.74, 6) is -1.18. The van der Waals surface area contributed by atoms with Crippen molar-refractivity contribution in [3.63, 3.8) is 0 Å². The summed E-state index contributed by atoms with van der Waals surface area (Å²) in [6, 6.07) is 4.34. The van der Waals surface area contributed by atoms with Crippen molar-refractivity contribution >= 4 is 0 Å². The van der Waals surface area contributed by atoms with E-state index in [2.05, 4.69) is 4.98 Å². The molecule has 0 amide bonds. The van der Waals surface area contributed by atoms with E-state index < -0.39 is 29.2 Å². The van der Waals surface area contributed by atoms with Gasteiger partial charge in [0.1, 0.15) is 12.0 Å². The molecule has 2 heterocycles. The third-order valence-corrected chi connectivity index (χ3v) is 5.58. The molecular weight excluding hydrogens is 366 g/mol. The van der Waals surface area contributed by atoms with Crippen LogP contribution < -0.4 is 11.2 Å². The zero-order valence-corrected chi connectivity index (χ0v) is 16.4. The van der Waals surface area contributed by atoms with Crippen molar-refractivity contribution in [2.24, 2.45) is 0 Å². The number of nitrogens with one attached hydrogen (secondary N) is 1. The Morgan fingerprint density at radius 2 is 1.93 bits per heavy atom. The molecule has 28 heavy (non-hydrogen) atoms. The van der Waals surface area contributed by atoms with Crippen molar-refractivity contribution in [1.82, 2.24) is 9.55 Å². The van der Waals surface area contributed by atoms with Crippen LogP contribution in [0.2, 0.25) is 0 Å². The number of aromatic amines is 1. The van der Waals surface area contributed by atoms with Gasteiger partial charge in [-0.2, -0.15) is 0 Å². The average Bonchev–Trinajstić information content (AvgIpc) is 2.67. The molecule has 1 N–H and O–H groups in total. The highest BCUT2D eigenvalue weighted by molar-refractivity contribution is 5.28. The van der Waals surface area contributed by atoms with Crippen LogP contribution in [-0.4, -0.2) is 28.9 Å². The van der Waals surface area contributed by atoms with Gasteiger partial charge in [0, 0.05) is 42.9 Å². The van der Waals surface area contributed by atoms with Gasteiger partial charge in [-0.15, -0.1) is 0 Å². The molecule has 1 aliphatic heterocycles. The van der Waals surface area contributed by atoms with E-state index in [9.17, 15) is 14.0 Å². The van der Waals surface area contributed by atoms with E-state index in [1.54, 1.807) is 26.0 Å². The monoisotopic (exact) mass is 392 g/mol. The summed E-state index contributed by atoms with van der Waals surface area (Å²) < 4.78 is 35.7. The quantitative estimate of drug-likeness (QED) is 0.849. The van der Waals surface area contributed by atoms with Gasteiger partial charge in [-0.25, -0.2) is 13.6 Å². The van der Waals surface area contributed by atoms with Crippen LogP contribution in [0.25, 0.3) is 0 Å². The van der Waals surface area contributed by atoms with Crippen molar-refractivity contribution in [3.8, 4) is 0 Å². The first-order chi connectivity index (χ1) is 13.3. The summed E-state index contributed by atoms with van der Waals surface area (Å²) in [7, 11) is 0. The number of hydrogen-bond acceptors (Lipinski definition) is 3. The van der Waals surface area contributed by atoms with Gasteiger partial charge in [0.15, 0.2) is 0 Å². The lowest BCUT2D eigenvalue weighted by Gasteiger charge is -2.25. The van der Waals surface area contributed by atoms with Crippen LogP contribution in [0.1, 0.15) is 54.1 Å². The van der Waals surface area contributed by atoms with E-state index >= 15 is 4.39 Å². The first-order valence-corrected chi connectivity index (χ1v) is 9.61. The molecule has 1 saturated heterocycles. The highest BCUT2D eigenvalue weighted by atomic mass is 19.1. The van der Waals surface area contributed by atoms with E-state index in [0.717, 1.165) is 5.56 Å². The van der Waals surface area contributed by atoms with Crippen molar-refractivity contribution < 1.29 is 13.5 Å². The van der Waals surface area contributed by atoms with Crippen molar-refractivity contribution in [2.45, 2.75) is 58.2 Å². The fraction of sp³-hybridized carbons (Fsp3) is 0.524. The van der Waals surface area contributed by atoms with Gasteiger partial charge >= 0.3 is 5.69 Å². The molecule has 0 unspecified atom stereocenters. The van der Waals surface area contributed by atoms with E-state index in [-0.39, 0.29) is 18.0 Å². The summed E-state index contributed by atoms with van der Waals surface area (Å²) in [5, 5.41) is 0. The average molecular weight is 392 g/mol. The number of hydrogen-bond donors (Lipinski definition) is 1. The third-order valence-electron chi connectivity index (χ3n) is 5.58. The zero-order valence-electron chi connectivity index (χ0n) is 16.4. The van der Waals surface area contributed by atoms with Crippen LogP contribution in [0.5, 0.6) is 0 Å². The maximum absolute atomic E-state index is 15.1. The first-order valence-electron chi connectivity index (χ1n) is 9.61. The number of rotatable bonds is 5. The van der Waals surface area contributed by atoms with Gasteiger partial charge in [0.25, 0.3) is 5.56 Å². The molecule has 1 aliphatic rings. The lowest BCUT2D eigenvalue weighted by Crippen LogP contribution is -2.43. The smallest absolute Gasteiger partial charge is 0.328 e. The minimum Gasteiger partial charge on any atom is -0.381 e. The summed E-state index contributed by atoms with van der Waals surface area (Å²) in [6.07, 6.45) is -0.513.